The highest BCUT2D eigenvalue weighted by Crippen LogP contribution is 2.27. The monoisotopic (exact) mass is 422 g/mol. The van der Waals surface area contributed by atoms with Crippen LogP contribution in [-0.4, -0.2) is 29.9 Å². The number of ether oxygens (including phenoxy) is 1. The average molecular weight is 422 g/mol. The van der Waals surface area contributed by atoms with Crippen molar-refractivity contribution in [3.63, 3.8) is 0 Å². The number of nitrogens with zero attached hydrogens (tertiary/aromatic N) is 1. The van der Waals surface area contributed by atoms with Crippen molar-refractivity contribution in [3.8, 4) is 5.75 Å². The minimum Gasteiger partial charge on any atom is -0.483 e. The number of carbonyl (C=O) groups excluding carboxylic acids is 2. The van der Waals surface area contributed by atoms with E-state index in [-0.39, 0.29) is 23.9 Å². The van der Waals surface area contributed by atoms with Crippen LogP contribution in [0.5, 0.6) is 5.75 Å². The fourth-order valence-electron chi connectivity index (χ4n) is 3.40. The van der Waals surface area contributed by atoms with Crippen molar-refractivity contribution in [2.75, 3.05) is 18.5 Å². The van der Waals surface area contributed by atoms with Gasteiger partial charge in [0.15, 0.2) is 6.61 Å². The Balaban J connectivity index is 1.47. The Kier molecular flexibility index (Phi) is 5.93. The van der Waals surface area contributed by atoms with Gasteiger partial charge in [-0.25, -0.2) is 8.78 Å². The summed E-state index contributed by atoms with van der Waals surface area (Å²) in [6.45, 7) is 0.692. The average Bonchev–Trinajstić information content (AvgIpc) is 2.92. The van der Waals surface area contributed by atoms with E-state index in [1.807, 2.05) is 0 Å². The van der Waals surface area contributed by atoms with E-state index >= 15 is 0 Å². The lowest BCUT2D eigenvalue weighted by Crippen LogP contribution is -2.34. The summed E-state index contributed by atoms with van der Waals surface area (Å²) in [4.78, 5) is 26.5. The van der Waals surface area contributed by atoms with E-state index in [1.165, 1.54) is 30.3 Å². The van der Waals surface area contributed by atoms with Gasteiger partial charge in [0.05, 0.1) is 0 Å². The molecule has 0 unspecified atom stereocenters. The number of rotatable bonds is 5. The van der Waals surface area contributed by atoms with Gasteiger partial charge in [0.2, 0.25) is 0 Å². The molecule has 0 aromatic heterocycles. The first-order valence-electron chi connectivity index (χ1n) is 9.83. The van der Waals surface area contributed by atoms with Crippen molar-refractivity contribution >= 4 is 17.5 Å². The lowest BCUT2D eigenvalue weighted by Gasteiger charge is -2.20. The minimum absolute atomic E-state index is 0.0780. The van der Waals surface area contributed by atoms with Crippen LogP contribution in [0.25, 0.3) is 0 Å². The Morgan fingerprint density at radius 1 is 1.00 bits per heavy atom. The van der Waals surface area contributed by atoms with Crippen molar-refractivity contribution in [3.05, 3.63) is 95.1 Å². The molecule has 31 heavy (non-hydrogen) atoms. The summed E-state index contributed by atoms with van der Waals surface area (Å²) >= 11 is 0. The van der Waals surface area contributed by atoms with Crippen molar-refractivity contribution in [2.45, 2.75) is 13.0 Å². The number of amides is 2. The maximum Gasteiger partial charge on any atom is 0.260 e. The molecule has 1 aliphatic heterocycles. The molecule has 4 rings (SSSR count). The molecule has 2 amide bonds. The molecule has 158 valence electrons. The van der Waals surface area contributed by atoms with Gasteiger partial charge in [-0.3, -0.25) is 9.59 Å². The van der Waals surface area contributed by atoms with Crippen LogP contribution in [-0.2, 0) is 17.8 Å². The highest BCUT2D eigenvalue weighted by atomic mass is 19.1. The molecule has 1 N–H and O–H groups in total. The van der Waals surface area contributed by atoms with E-state index in [0.717, 1.165) is 17.2 Å². The Bertz CT molecular complexity index is 1120. The minimum atomic E-state index is -0.488. The van der Waals surface area contributed by atoms with Gasteiger partial charge in [0.25, 0.3) is 11.8 Å². The molecule has 7 heteroatoms. The van der Waals surface area contributed by atoms with Crippen LogP contribution in [0.4, 0.5) is 14.5 Å². The molecule has 1 aliphatic rings. The number of carbonyl (C=O) groups is 2. The Morgan fingerprint density at radius 2 is 1.81 bits per heavy atom. The summed E-state index contributed by atoms with van der Waals surface area (Å²) in [5.74, 6) is -0.800. The second-order valence-corrected chi connectivity index (χ2v) is 7.27. The fraction of sp³-hybridized carbons (Fsp3) is 0.167. The second-order valence-electron chi connectivity index (χ2n) is 7.27. The summed E-state index contributed by atoms with van der Waals surface area (Å²) in [5, 5.41) is 2.75. The maximum atomic E-state index is 13.4. The summed E-state index contributed by atoms with van der Waals surface area (Å²) in [6.07, 6.45) is 0.581. The number of anilines is 1. The van der Waals surface area contributed by atoms with Gasteiger partial charge in [-0.1, -0.05) is 18.2 Å². The summed E-state index contributed by atoms with van der Waals surface area (Å²) in [5.41, 5.74) is 2.41. The largest absolute Gasteiger partial charge is 0.483 e. The van der Waals surface area contributed by atoms with Crippen LogP contribution < -0.4 is 10.1 Å². The first kappa shape index (κ1) is 20.5. The smallest absolute Gasteiger partial charge is 0.260 e. The van der Waals surface area contributed by atoms with Crippen molar-refractivity contribution in [1.29, 1.82) is 0 Å². The van der Waals surface area contributed by atoms with Crippen molar-refractivity contribution in [2.24, 2.45) is 0 Å². The number of halogens is 2. The fourth-order valence-corrected chi connectivity index (χ4v) is 3.40. The molecular formula is C24H20F2N2O3. The van der Waals surface area contributed by atoms with Crippen molar-refractivity contribution in [1.82, 2.24) is 4.90 Å². The van der Waals surface area contributed by atoms with Crippen LogP contribution >= 0.6 is 0 Å². The molecule has 3 aromatic carbocycles. The predicted molar refractivity (Wildman–Crippen MR) is 112 cm³/mol. The molecule has 5 nitrogen and oxygen atoms in total. The molecule has 1 heterocycles. The summed E-state index contributed by atoms with van der Waals surface area (Å²) in [7, 11) is 0. The Morgan fingerprint density at radius 3 is 2.58 bits per heavy atom. The Hall–Kier alpha value is -3.74. The van der Waals surface area contributed by atoms with Gasteiger partial charge in [0.1, 0.15) is 17.4 Å². The number of benzene rings is 3. The molecule has 0 bridgehead atoms. The third-order valence-electron chi connectivity index (χ3n) is 5.05. The molecule has 0 saturated carbocycles. The van der Waals surface area contributed by atoms with Gasteiger partial charge >= 0.3 is 0 Å². The van der Waals surface area contributed by atoms with Crippen LogP contribution in [0.2, 0.25) is 0 Å². The Labute approximate surface area is 178 Å². The highest BCUT2D eigenvalue weighted by molar-refractivity contribution is 6.04. The molecule has 0 fully saturated rings. The molecule has 3 aromatic rings. The summed E-state index contributed by atoms with van der Waals surface area (Å²) < 4.78 is 32.1. The number of nitrogens with one attached hydrogen (secondary N) is 1. The highest BCUT2D eigenvalue weighted by Gasteiger charge is 2.22. The van der Waals surface area contributed by atoms with E-state index in [0.29, 0.717) is 30.9 Å². The van der Waals surface area contributed by atoms with Gasteiger partial charge in [-0.05, 0) is 60.5 Å². The van der Waals surface area contributed by atoms with Gasteiger partial charge < -0.3 is 15.0 Å². The maximum absolute atomic E-state index is 13.4. The molecule has 0 radical (unpaired) electrons. The second kappa shape index (κ2) is 8.95. The lowest BCUT2D eigenvalue weighted by molar-refractivity contribution is -0.133. The van der Waals surface area contributed by atoms with E-state index in [1.54, 1.807) is 35.2 Å². The zero-order valence-electron chi connectivity index (χ0n) is 16.6. The van der Waals surface area contributed by atoms with E-state index < -0.39 is 11.7 Å². The first-order chi connectivity index (χ1) is 15.0. The number of hydrogen-bond acceptors (Lipinski definition) is 3. The molecule has 0 spiro atoms. The van der Waals surface area contributed by atoms with Gasteiger partial charge in [-0.2, -0.15) is 0 Å². The topological polar surface area (TPSA) is 58.6 Å². The van der Waals surface area contributed by atoms with E-state index in [9.17, 15) is 18.4 Å². The first-order valence-corrected chi connectivity index (χ1v) is 9.83. The normalized spacial score (nSPS) is 13.2. The molecular weight excluding hydrogens is 402 g/mol. The number of fused-ring (bicyclic) bond motifs is 1. The SMILES string of the molecule is O=C(Nc1ccc2c(c1)CN(CCc1ccc(F)cc1)C(=O)CO2)c1cccc(F)c1. The number of hydrogen-bond donors (Lipinski definition) is 1. The standard InChI is InChI=1S/C24H20F2N2O3/c25-19-6-4-16(5-7-19)10-11-28-14-18-13-21(8-9-22(18)31-15-23(28)29)27-24(30)17-2-1-3-20(26)12-17/h1-9,12-13H,10-11,14-15H2,(H,27,30). The van der Waals surface area contributed by atoms with E-state index in [4.69, 9.17) is 4.74 Å². The summed E-state index contributed by atoms with van der Waals surface area (Å²) in [6, 6.07) is 16.7. The van der Waals surface area contributed by atoms with Crippen LogP contribution in [0.15, 0.2) is 66.7 Å². The lowest BCUT2D eigenvalue weighted by atomic mass is 10.1. The predicted octanol–water partition coefficient (Wildman–Crippen LogP) is 4.18. The molecule has 0 aliphatic carbocycles. The van der Waals surface area contributed by atoms with Crippen LogP contribution in [0.1, 0.15) is 21.5 Å². The van der Waals surface area contributed by atoms with Crippen molar-refractivity contribution < 1.29 is 23.1 Å². The zero-order valence-corrected chi connectivity index (χ0v) is 16.6. The van der Waals surface area contributed by atoms with Gasteiger partial charge in [0, 0.05) is 29.9 Å². The van der Waals surface area contributed by atoms with Crippen LogP contribution in [0, 0.1) is 11.6 Å². The third kappa shape index (κ3) is 5.06. The molecule has 0 saturated heterocycles. The van der Waals surface area contributed by atoms with Gasteiger partial charge in [-0.15, -0.1) is 0 Å². The van der Waals surface area contributed by atoms with E-state index in [2.05, 4.69) is 5.32 Å². The quantitative estimate of drug-likeness (QED) is 0.671. The zero-order chi connectivity index (χ0) is 21.8. The van der Waals surface area contributed by atoms with Crippen LogP contribution in [0.3, 0.4) is 0 Å². The molecule has 0 atom stereocenters. The third-order valence-corrected chi connectivity index (χ3v) is 5.05.